The Hall–Kier alpha value is -4.85. The fourth-order valence-corrected chi connectivity index (χ4v) is 6.49. The quantitative estimate of drug-likeness (QED) is 0.214. The molecule has 0 spiro atoms. The average molecular weight is 530 g/mol. The Kier molecular flexibility index (Phi) is 5.26. The average Bonchev–Trinajstić information content (AvgIpc) is 3.33. The van der Waals surface area contributed by atoms with E-state index in [2.05, 4.69) is 144 Å². The summed E-state index contributed by atoms with van der Waals surface area (Å²) in [6.07, 6.45) is 0. The van der Waals surface area contributed by atoms with Gasteiger partial charge in [-0.1, -0.05) is 139 Å². The van der Waals surface area contributed by atoms with Crippen molar-refractivity contribution in [3.05, 3.63) is 151 Å². The van der Waals surface area contributed by atoms with Gasteiger partial charge in [0, 0.05) is 26.9 Å². The van der Waals surface area contributed by atoms with Crippen LogP contribution >= 0.6 is 11.6 Å². The maximum atomic E-state index is 6.66. The van der Waals surface area contributed by atoms with E-state index >= 15 is 0 Å². The zero-order valence-corrected chi connectivity index (χ0v) is 22.4. The topological polar surface area (TPSA) is 4.93 Å². The molecule has 1 nitrogen and oxygen atoms in total. The van der Waals surface area contributed by atoms with E-state index in [4.69, 9.17) is 11.6 Å². The summed E-state index contributed by atoms with van der Waals surface area (Å²) >= 11 is 6.66. The molecule has 0 atom stereocenters. The third kappa shape index (κ3) is 3.49. The van der Waals surface area contributed by atoms with E-state index in [9.17, 15) is 0 Å². The molecule has 8 rings (SSSR count). The summed E-state index contributed by atoms with van der Waals surface area (Å²) < 4.78 is 2.42. The van der Waals surface area contributed by atoms with Crippen LogP contribution in [0.1, 0.15) is 0 Å². The van der Waals surface area contributed by atoms with E-state index in [1.165, 1.54) is 54.6 Å². The summed E-state index contributed by atoms with van der Waals surface area (Å²) in [5.41, 5.74) is 8.21. The Morgan fingerprint density at radius 1 is 0.375 bits per heavy atom. The van der Waals surface area contributed by atoms with E-state index in [0.717, 1.165) is 21.7 Å². The number of halogens is 1. The molecule has 0 unspecified atom stereocenters. The van der Waals surface area contributed by atoms with E-state index in [1.54, 1.807) is 0 Å². The second-order valence-corrected chi connectivity index (χ2v) is 10.7. The van der Waals surface area contributed by atoms with Crippen LogP contribution in [-0.4, -0.2) is 4.57 Å². The van der Waals surface area contributed by atoms with Crippen molar-refractivity contribution < 1.29 is 0 Å². The van der Waals surface area contributed by atoms with Crippen LogP contribution in [0, 0.1) is 0 Å². The third-order valence-corrected chi connectivity index (χ3v) is 8.29. The lowest BCUT2D eigenvalue weighted by atomic mass is 9.90. The van der Waals surface area contributed by atoms with Crippen molar-refractivity contribution in [2.75, 3.05) is 0 Å². The maximum absolute atomic E-state index is 6.66. The molecule has 7 aromatic carbocycles. The van der Waals surface area contributed by atoms with Gasteiger partial charge in [0.25, 0.3) is 0 Å². The molecule has 0 saturated carbocycles. The molecule has 0 aliphatic rings. The van der Waals surface area contributed by atoms with Gasteiger partial charge in [-0.15, -0.1) is 0 Å². The minimum atomic E-state index is 0.728. The summed E-state index contributed by atoms with van der Waals surface area (Å²) in [5.74, 6) is 0. The zero-order valence-electron chi connectivity index (χ0n) is 21.7. The number of hydrogen-bond acceptors (Lipinski definition) is 0. The van der Waals surface area contributed by atoms with Gasteiger partial charge in [-0.25, -0.2) is 0 Å². The van der Waals surface area contributed by atoms with E-state index < -0.39 is 0 Å². The molecule has 0 bridgehead atoms. The van der Waals surface area contributed by atoms with Gasteiger partial charge in [0.2, 0.25) is 0 Å². The predicted molar refractivity (Wildman–Crippen MR) is 172 cm³/mol. The largest absolute Gasteiger partial charge is 0.308 e. The Labute approximate surface area is 237 Å². The highest BCUT2D eigenvalue weighted by Gasteiger charge is 2.21. The SMILES string of the molecule is Clc1ccc2c3ccccc3n(-c3c(-c4cccc5ccccc45)cccc3-c3cccc4ccccc34)c2c1. The first-order valence-corrected chi connectivity index (χ1v) is 13.9. The van der Waals surface area contributed by atoms with Crippen molar-refractivity contribution in [3.8, 4) is 27.9 Å². The van der Waals surface area contributed by atoms with Gasteiger partial charge in [0.15, 0.2) is 0 Å². The standard InChI is InChI=1S/C38H24ClN/c39-27-22-23-33-32-16-5-6-21-36(32)40(37(33)24-27)38-34(30-17-7-12-25-10-1-3-14-28(25)30)19-9-20-35(38)31-18-8-13-26-11-2-4-15-29(26)31/h1-24H. The maximum Gasteiger partial charge on any atom is 0.0619 e. The third-order valence-electron chi connectivity index (χ3n) is 8.06. The van der Waals surface area contributed by atoms with Crippen molar-refractivity contribution in [3.63, 3.8) is 0 Å². The first kappa shape index (κ1) is 23.1. The highest BCUT2D eigenvalue weighted by Crippen LogP contribution is 2.44. The fraction of sp³-hybridized carbons (Fsp3) is 0. The molecule has 0 saturated heterocycles. The minimum Gasteiger partial charge on any atom is -0.308 e. The number of para-hydroxylation sites is 2. The first-order chi connectivity index (χ1) is 19.8. The van der Waals surface area contributed by atoms with Gasteiger partial charge >= 0.3 is 0 Å². The lowest BCUT2D eigenvalue weighted by Crippen LogP contribution is -2.01. The van der Waals surface area contributed by atoms with Crippen LogP contribution in [0.3, 0.4) is 0 Å². The highest BCUT2D eigenvalue weighted by atomic mass is 35.5. The molecule has 0 N–H and O–H groups in total. The van der Waals surface area contributed by atoms with Gasteiger partial charge in [0.05, 0.1) is 16.7 Å². The minimum absolute atomic E-state index is 0.728. The second kappa shape index (κ2) is 9.12. The Balaban J connectivity index is 1.59. The lowest BCUT2D eigenvalue weighted by Gasteiger charge is -2.21. The number of aromatic nitrogens is 1. The molecule has 40 heavy (non-hydrogen) atoms. The molecule has 0 radical (unpaired) electrons. The van der Waals surface area contributed by atoms with E-state index in [0.29, 0.717) is 0 Å². The molecular weight excluding hydrogens is 506 g/mol. The van der Waals surface area contributed by atoms with Crippen LogP contribution in [0.2, 0.25) is 5.02 Å². The second-order valence-electron chi connectivity index (χ2n) is 10.3. The summed E-state index contributed by atoms with van der Waals surface area (Å²) in [6.45, 7) is 0. The number of nitrogens with zero attached hydrogens (tertiary/aromatic N) is 1. The molecular formula is C38H24ClN. The smallest absolute Gasteiger partial charge is 0.0619 e. The van der Waals surface area contributed by atoms with Gasteiger partial charge in [0.1, 0.15) is 0 Å². The summed E-state index contributed by atoms with van der Waals surface area (Å²) in [4.78, 5) is 0. The van der Waals surface area contributed by atoms with Crippen LogP contribution < -0.4 is 0 Å². The molecule has 0 aliphatic carbocycles. The van der Waals surface area contributed by atoms with Crippen LogP contribution in [0.15, 0.2) is 146 Å². The van der Waals surface area contributed by atoms with Crippen molar-refractivity contribution in [2.24, 2.45) is 0 Å². The first-order valence-electron chi connectivity index (χ1n) is 13.6. The van der Waals surface area contributed by atoms with Crippen molar-refractivity contribution in [2.45, 2.75) is 0 Å². The lowest BCUT2D eigenvalue weighted by molar-refractivity contribution is 1.18. The number of benzene rings is 7. The van der Waals surface area contributed by atoms with Crippen molar-refractivity contribution in [1.82, 2.24) is 4.57 Å². The van der Waals surface area contributed by atoms with Crippen LogP contribution in [0.25, 0.3) is 71.3 Å². The Morgan fingerprint density at radius 2 is 0.850 bits per heavy atom. The van der Waals surface area contributed by atoms with Crippen LogP contribution in [0.5, 0.6) is 0 Å². The zero-order chi connectivity index (χ0) is 26.6. The van der Waals surface area contributed by atoms with Crippen molar-refractivity contribution in [1.29, 1.82) is 0 Å². The number of rotatable bonds is 3. The molecule has 8 aromatic rings. The number of fused-ring (bicyclic) bond motifs is 5. The van der Waals surface area contributed by atoms with Crippen LogP contribution in [0.4, 0.5) is 0 Å². The highest BCUT2D eigenvalue weighted by molar-refractivity contribution is 6.31. The van der Waals surface area contributed by atoms with Gasteiger partial charge < -0.3 is 4.57 Å². The molecule has 0 fully saturated rings. The monoisotopic (exact) mass is 529 g/mol. The molecule has 1 heterocycles. The number of hydrogen-bond donors (Lipinski definition) is 0. The molecule has 1 aromatic heterocycles. The van der Waals surface area contributed by atoms with Gasteiger partial charge in [-0.3, -0.25) is 0 Å². The van der Waals surface area contributed by atoms with Gasteiger partial charge in [-0.05, 0) is 50.9 Å². The summed E-state index contributed by atoms with van der Waals surface area (Å²) in [6, 6.07) is 52.1. The van der Waals surface area contributed by atoms with Gasteiger partial charge in [-0.2, -0.15) is 0 Å². The predicted octanol–water partition coefficient (Wildman–Crippen LogP) is 11.1. The molecule has 0 amide bonds. The Bertz CT molecular complexity index is 2130. The molecule has 2 heteroatoms. The fourth-order valence-electron chi connectivity index (χ4n) is 6.32. The Morgan fingerprint density at radius 3 is 1.50 bits per heavy atom. The van der Waals surface area contributed by atoms with E-state index in [1.807, 2.05) is 6.07 Å². The normalized spacial score (nSPS) is 11.6. The molecule has 188 valence electrons. The van der Waals surface area contributed by atoms with E-state index in [-0.39, 0.29) is 0 Å². The van der Waals surface area contributed by atoms with Crippen LogP contribution in [-0.2, 0) is 0 Å². The molecule has 0 aliphatic heterocycles. The summed E-state index contributed by atoms with van der Waals surface area (Å²) in [7, 11) is 0. The van der Waals surface area contributed by atoms with Crippen molar-refractivity contribution >= 4 is 55.0 Å². The summed E-state index contributed by atoms with van der Waals surface area (Å²) in [5, 5.41) is 8.06.